The van der Waals surface area contributed by atoms with E-state index in [0.717, 1.165) is 4.90 Å². The second-order valence-corrected chi connectivity index (χ2v) is 7.91. The minimum absolute atomic E-state index is 0.0467. The Hall–Kier alpha value is -3.68. The molecule has 0 radical (unpaired) electrons. The Morgan fingerprint density at radius 1 is 0.939 bits per heavy atom. The zero-order chi connectivity index (χ0) is 23.5. The minimum Gasteiger partial charge on any atom is -0.488 e. The third-order valence-electron chi connectivity index (χ3n) is 4.74. The highest BCUT2D eigenvalue weighted by Crippen LogP contribution is 2.29. The molecule has 1 N–H and O–H groups in total. The Kier molecular flexibility index (Phi) is 6.44. The van der Waals surface area contributed by atoms with Crippen molar-refractivity contribution in [3.8, 4) is 5.75 Å². The first-order chi connectivity index (χ1) is 15.8. The molecule has 0 saturated carbocycles. The van der Waals surface area contributed by atoms with Crippen molar-refractivity contribution in [1.82, 2.24) is 5.32 Å². The number of rotatable bonds is 5. The van der Waals surface area contributed by atoms with Crippen LogP contribution >= 0.6 is 23.2 Å². The number of nitrogens with zero attached hydrogens (tertiary/aromatic N) is 1. The number of anilines is 1. The Balaban J connectivity index is 1.67. The summed E-state index contributed by atoms with van der Waals surface area (Å²) in [5.41, 5.74) is 0.883. The van der Waals surface area contributed by atoms with Gasteiger partial charge in [-0.15, -0.1) is 0 Å². The van der Waals surface area contributed by atoms with Crippen LogP contribution in [0.3, 0.4) is 0 Å². The molecule has 0 spiro atoms. The molecule has 4 rings (SSSR count). The summed E-state index contributed by atoms with van der Waals surface area (Å²) in [7, 11) is 0. The quantitative estimate of drug-likeness (QED) is 0.389. The van der Waals surface area contributed by atoms with E-state index in [1.807, 2.05) is 0 Å². The highest BCUT2D eigenvalue weighted by molar-refractivity contribution is 6.39. The standard InChI is InChI=1S/C24H15Cl2FN2O4/c25-16-4-7-19(8-5-16)29-23(31)20(22(30)28-24(29)32)12-15-11-17(26)6-9-21(15)33-13-14-2-1-3-18(27)10-14/h1-12H,13H2,(H,28,30,32)/b20-12+. The van der Waals surface area contributed by atoms with Crippen LogP contribution in [-0.2, 0) is 16.2 Å². The summed E-state index contributed by atoms with van der Waals surface area (Å²) in [6.07, 6.45) is 1.29. The zero-order valence-electron chi connectivity index (χ0n) is 16.8. The molecule has 3 aromatic carbocycles. The molecule has 3 aromatic rings. The molecule has 1 saturated heterocycles. The summed E-state index contributed by atoms with van der Waals surface area (Å²) >= 11 is 12.0. The van der Waals surface area contributed by atoms with Gasteiger partial charge in [0, 0.05) is 15.6 Å². The van der Waals surface area contributed by atoms with Gasteiger partial charge in [0.25, 0.3) is 11.8 Å². The molecule has 1 heterocycles. The Labute approximate surface area is 198 Å². The van der Waals surface area contributed by atoms with Gasteiger partial charge < -0.3 is 4.74 Å². The number of benzene rings is 3. The highest BCUT2D eigenvalue weighted by Gasteiger charge is 2.37. The Morgan fingerprint density at radius 3 is 2.39 bits per heavy atom. The summed E-state index contributed by atoms with van der Waals surface area (Å²) in [6, 6.07) is 15.7. The van der Waals surface area contributed by atoms with Crippen LogP contribution in [0.4, 0.5) is 14.9 Å². The van der Waals surface area contributed by atoms with Gasteiger partial charge in [0.2, 0.25) is 0 Å². The van der Waals surface area contributed by atoms with Gasteiger partial charge >= 0.3 is 6.03 Å². The van der Waals surface area contributed by atoms with E-state index in [1.54, 1.807) is 24.3 Å². The average Bonchev–Trinajstić information content (AvgIpc) is 2.77. The van der Waals surface area contributed by atoms with Gasteiger partial charge in [0.1, 0.15) is 23.7 Å². The largest absolute Gasteiger partial charge is 0.488 e. The number of carbonyl (C=O) groups is 3. The number of amides is 4. The van der Waals surface area contributed by atoms with E-state index in [1.165, 1.54) is 48.5 Å². The molecule has 0 aromatic heterocycles. The first-order valence-electron chi connectivity index (χ1n) is 9.65. The van der Waals surface area contributed by atoms with E-state index < -0.39 is 23.7 Å². The van der Waals surface area contributed by atoms with Crippen molar-refractivity contribution in [3.05, 3.63) is 99.3 Å². The fourth-order valence-corrected chi connectivity index (χ4v) is 3.50. The molecule has 0 aliphatic carbocycles. The van der Waals surface area contributed by atoms with Crippen LogP contribution in [0.5, 0.6) is 5.75 Å². The van der Waals surface area contributed by atoms with Crippen LogP contribution in [0.25, 0.3) is 6.08 Å². The monoisotopic (exact) mass is 484 g/mol. The summed E-state index contributed by atoms with van der Waals surface area (Å²) in [4.78, 5) is 38.7. The van der Waals surface area contributed by atoms with Crippen LogP contribution in [0.15, 0.2) is 72.3 Å². The van der Waals surface area contributed by atoms with E-state index in [9.17, 15) is 18.8 Å². The average molecular weight is 485 g/mol. The van der Waals surface area contributed by atoms with Crippen LogP contribution in [0.1, 0.15) is 11.1 Å². The number of urea groups is 1. The maximum atomic E-state index is 13.4. The first kappa shape index (κ1) is 22.5. The minimum atomic E-state index is -0.877. The summed E-state index contributed by atoms with van der Waals surface area (Å²) in [5, 5.41) is 2.92. The van der Waals surface area contributed by atoms with Crippen molar-refractivity contribution >= 4 is 52.8 Å². The third-order valence-corrected chi connectivity index (χ3v) is 5.23. The maximum absolute atomic E-state index is 13.4. The highest BCUT2D eigenvalue weighted by atomic mass is 35.5. The fourth-order valence-electron chi connectivity index (χ4n) is 3.19. The lowest BCUT2D eigenvalue weighted by molar-refractivity contribution is -0.122. The molecule has 6 nitrogen and oxygen atoms in total. The van der Waals surface area contributed by atoms with Crippen molar-refractivity contribution in [3.63, 3.8) is 0 Å². The lowest BCUT2D eigenvalue weighted by Gasteiger charge is -2.26. The van der Waals surface area contributed by atoms with Gasteiger partial charge in [0.15, 0.2) is 0 Å². The molecule has 33 heavy (non-hydrogen) atoms. The second kappa shape index (κ2) is 9.44. The number of hydrogen-bond donors (Lipinski definition) is 1. The maximum Gasteiger partial charge on any atom is 0.335 e. The summed E-state index contributed by atoms with van der Waals surface area (Å²) in [5.74, 6) is -1.76. The van der Waals surface area contributed by atoms with Crippen molar-refractivity contribution in [2.75, 3.05) is 4.90 Å². The third kappa shape index (κ3) is 5.05. The molecule has 1 aliphatic rings. The summed E-state index contributed by atoms with van der Waals surface area (Å²) in [6.45, 7) is 0.0467. The van der Waals surface area contributed by atoms with Crippen LogP contribution in [0, 0.1) is 5.82 Å². The van der Waals surface area contributed by atoms with Crippen LogP contribution in [0.2, 0.25) is 10.0 Å². The molecule has 0 unspecified atom stereocenters. The topological polar surface area (TPSA) is 75.7 Å². The number of barbiturate groups is 1. The molecule has 0 atom stereocenters. The van der Waals surface area contributed by atoms with E-state index in [-0.39, 0.29) is 17.9 Å². The number of halogens is 3. The van der Waals surface area contributed by atoms with Gasteiger partial charge in [-0.25, -0.2) is 14.1 Å². The molecule has 1 fully saturated rings. The Bertz CT molecular complexity index is 1290. The predicted molar refractivity (Wildman–Crippen MR) is 123 cm³/mol. The van der Waals surface area contributed by atoms with Gasteiger partial charge in [-0.1, -0.05) is 35.3 Å². The van der Waals surface area contributed by atoms with Gasteiger partial charge in [-0.3, -0.25) is 14.9 Å². The van der Waals surface area contributed by atoms with Gasteiger partial charge in [-0.05, 0) is 66.2 Å². The molecule has 1 aliphatic heterocycles. The normalized spacial score (nSPS) is 15.1. The second-order valence-electron chi connectivity index (χ2n) is 7.04. The number of hydrogen-bond acceptors (Lipinski definition) is 4. The van der Waals surface area contributed by atoms with E-state index in [2.05, 4.69) is 5.32 Å². The zero-order valence-corrected chi connectivity index (χ0v) is 18.4. The van der Waals surface area contributed by atoms with Gasteiger partial charge in [-0.2, -0.15) is 0 Å². The van der Waals surface area contributed by atoms with Crippen molar-refractivity contribution in [1.29, 1.82) is 0 Å². The number of carbonyl (C=O) groups excluding carboxylic acids is 3. The first-order valence-corrected chi connectivity index (χ1v) is 10.4. The van der Waals surface area contributed by atoms with Crippen molar-refractivity contribution in [2.24, 2.45) is 0 Å². The summed E-state index contributed by atoms with van der Waals surface area (Å²) < 4.78 is 19.2. The Morgan fingerprint density at radius 2 is 1.67 bits per heavy atom. The van der Waals surface area contributed by atoms with E-state index in [4.69, 9.17) is 27.9 Å². The molecule has 166 valence electrons. The van der Waals surface area contributed by atoms with Crippen LogP contribution in [-0.4, -0.2) is 17.8 Å². The fraction of sp³-hybridized carbons (Fsp3) is 0.0417. The van der Waals surface area contributed by atoms with Crippen molar-refractivity contribution in [2.45, 2.75) is 6.61 Å². The molecular formula is C24H15Cl2FN2O4. The van der Waals surface area contributed by atoms with Crippen LogP contribution < -0.4 is 15.0 Å². The van der Waals surface area contributed by atoms with E-state index >= 15 is 0 Å². The number of nitrogens with one attached hydrogen (secondary N) is 1. The lowest BCUT2D eigenvalue weighted by Crippen LogP contribution is -2.54. The number of ether oxygens (including phenoxy) is 1. The van der Waals surface area contributed by atoms with Gasteiger partial charge in [0.05, 0.1) is 5.69 Å². The SMILES string of the molecule is O=C1NC(=O)N(c2ccc(Cl)cc2)C(=O)/C1=C/c1cc(Cl)ccc1OCc1cccc(F)c1. The van der Waals surface area contributed by atoms with Crippen molar-refractivity contribution < 1.29 is 23.5 Å². The molecule has 9 heteroatoms. The van der Waals surface area contributed by atoms with E-state index in [0.29, 0.717) is 26.9 Å². The number of imide groups is 2. The molecule has 4 amide bonds. The molecule has 0 bridgehead atoms. The smallest absolute Gasteiger partial charge is 0.335 e. The predicted octanol–water partition coefficient (Wildman–Crippen LogP) is 5.38. The molecular weight excluding hydrogens is 470 g/mol. The lowest BCUT2D eigenvalue weighted by atomic mass is 10.1.